The summed E-state index contributed by atoms with van der Waals surface area (Å²) in [5.74, 6) is -0.202. The summed E-state index contributed by atoms with van der Waals surface area (Å²) in [5, 5.41) is 23.3. The van der Waals surface area contributed by atoms with Crippen LogP contribution < -0.4 is 10.2 Å². The Morgan fingerprint density at radius 3 is 2.70 bits per heavy atom. The fraction of sp³-hybridized carbons (Fsp3) is 0.0667. The van der Waals surface area contributed by atoms with E-state index >= 15 is 0 Å². The van der Waals surface area contributed by atoms with E-state index in [1.165, 1.54) is 31.5 Å². The number of nitrogens with one attached hydrogen (secondary N) is 1. The molecule has 0 fully saturated rings. The van der Waals surface area contributed by atoms with Crippen LogP contribution in [-0.4, -0.2) is 29.4 Å². The fourth-order valence-corrected chi connectivity index (χ4v) is 3.62. The van der Waals surface area contributed by atoms with Crippen molar-refractivity contribution < 1.29 is 19.7 Å². The van der Waals surface area contributed by atoms with Crippen molar-refractivity contribution in [1.82, 2.24) is 5.43 Å². The second-order valence-corrected chi connectivity index (χ2v) is 6.82. The number of carbonyl (C=O) groups is 1. The summed E-state index contributed by atoms with van der Waals surface area (Å²) in [6.45, 7) is 0. The van der Waals surface area contributed by atoms with Crippen LogP contribution in [0, 0.1) is 7.14 Å². The lowest BCUT2D eigenvalue weighted by Crippen LogP contribution is -2.17. The highest BCUT2D eigenvalue weighted by Crippen LogP contribution is 2.27. The minimum absolute atomic E-state index is 0.0501. The van der Waals surface area contributed by atoms with Gasteiger partial charge in [-0.3, -0.25) is 4.79 Å². The molecule has 0 aliphatic heterocycles. The third-order valence-corrected chi connectivity index (χ3v) is 4.31. The Balaban J connectivity index is 2.13. The highest BCUT2D eigenvalue weighted by Gasteiger charge is 2.09. The van der Waals surface area contributed by atoms with Crippen molar-refractivity contribution in [3.63, 3.8) is 0 Å². The molecule has 0 aromatic heterocycles. The van der Waals surface area contributed by atoms with Crippen molar-refractivity contribution in [2.75, 3.05) is 7.11 Å². The third kappa shape index (κ3) is 4.47. The van der Waals surface area contributed by atoms with Crippen molar-refractivity contribution in [2.45, 2.75) is 0 Å². The van der Waals surface area contributed by atoms with Gasteiger partial charge in [-0.15, -0.1) is 0 Å². The first-order valence-corrected chi connectivity index (χ1v) is 8.46. The van der Waals surface area contributed by atoms with Crippen LogP contribution in [0.4, 0.5) is 0 Å². The van der Waals surface area contributed by atoms with Crippen molar-refractivity contribution in [3.8, 4) is 17.2 Å². The van der Waals surface area contributed by atoms with E-state index in [2.05, 4.69) is 33.1 Å². The first-order chi connectivity index (χ1) is 10.9. The fourth-order valence-electron chi connectivity index (χ4n) is 1.73. The zero-order chi connectivity index (χ0) is 17.0. The number of phenolic OH excluding ortho intramolecular Hbond substituents is 2. The molecule has 0 bridgehead atoms. The van der Waals surface area contributed by atoms with Gasteiger partial charge in [0.05, 0.1) is 16.9 Å². The second-order valence-electron chi connectivity index (χ2n) is 4.41. The molecule has 0 aliphatic rings. The van der Waals surface area contributed by atoms with Crippen LogP contribution in [-0.2, 0) is 0 Å². The molecule has 0 saturated carbocycles. The highest BCUT2D eigenvalue weighted by molar-refractivity contribution is 14.1. The van der Waals surface area contributed by atoms with Gasteiger partial charge < -0.3 is 14.9 Å². The number of benzene rings is 2. The SMILES string of the molecule is COc1cc(C(=O)N/N=C/c2cc(I)cc(I)c2O)ccc1O. The maximum absolute atomic E-state index is 12.0. The highest BCUT2D eigenvalue weighted by atomic mass is 127. The van der Waals surface area contributed by atoms with Crippen LogP contribution in [0.2, 0.25) is 0 Å². The van der Waals surface area contributed by atoms with Crippen molar-refractivity contribution in [3.05, 3.63) is 48.6 Å². The maximum Gasteiger partial charge on any atom is 0.271 e. The lowest BCUT2D eigenvalue weighted by atomic mass is 10.2. The number of methoxy groups -OCH3 is 1. The molecule has 0 unspecified atom stereocenters. The van der Waals surface area contributed by atoms with Gasteiger partial charge in [0, 0.05) is 14.7 Å². The summed E-state index contributed by atoms with van der Waals surface area (Å²) < 4.78 is 6.59. The van der Waals surface area contributed by atoms with E-state index in [4.69, 9.17) is 4.74 Å². The summed E-state index contributed by atoms with van der Waals surface area (Å²) in [7, 11) is 1.40. The molecule has 6 nitrogen and oxygen atoms in total. The number of rotatable bonds is 4. The van der Waals surface area contributed by atoms with Crippen LogP contribution in [0.25, 0.3) is 0 Å². The Labute approximate surface area is 159 Å². The molecule has 23 heavy (non-hydrogen) atoms. The molecule has 0 aliphatic carbocycles. The van der Waals surface area contributed by atoms with Crippen LogP contribution in [0.3, 0.4) is 0 Å². The Morgan fingerprint density at radius 1 is 1.26 bits per heavy atom. The first-order valence-electron chi connectivity index (χ1n) is 6.30. The van der Waals surface area contributed by atoms with E-state index in [0.717, 1.165) is 3.57 Å². The van der Waals surface area contributed by atoms with E-state index in [1.807, 2.05) is 28.7 Å². The lowest BCUT2D eigenvalue weighted by Gasteiger charge is -2.06. The predicted molar refractivity (Wildman–Crippen MR) is 103 cm³/mol. The molecule has 0 saturated heterocycles. The number of hydrazone groups is 1. The molecule has 0 spiro atoms. The van der Waals surface area contributed by atoms with E-state index in [9.17, 15) is 15.0 Å². The number of hydrogen-bond acceptors (Lipinski definition) is 5. The van der Waals surface area contributed by atoms with Crippen LogP contribution in [0.1, 0.15) is 15.9 Å². The van der Waals surface area contributed by atoms with Gasteiger partial charge in [-0.1, -0.05) is 0 Å². The number of halogens is 2. The summed E-state index contributed by atoms with van der Waals surface area (Å²) >= 11 is 4.15. The molecular formula is C15H12I2N2O4. The van der Waals surface area contributed by atoms with Gasteiger partial charge in [0.25, 0.3) is 5.91 Å². The van der Waals surface area contributed by atoms with Gasteiger partial charge in [-0.25, -0.2) is 5.43 Å². The summed E-state index contributed by atoms with van der Waals surface area (Å²) in [6, 6.07) is 7.80. The van der Waals surface area contributed by atoms with Gasteiger partial charge in [-0.05, 0) is 75.5 Å². The lowest BCUT2D eigenvalue weighted by molar-refractivity contribution is 0.0954. The number of carbonyl (C=O) groups excluding carboxylic acids is 1. The van der Waals surface area contributed by atoms with E-state index in [1.54, 1.807) is 6.07 Å². The van der Waals surface area contributed by atoms with E-state index in [-0.39, 0.29) is 17.2 Å². The van der Waals surface area contributed by atoms with Crippen molar-refractivity contribution in [2.24, 2.45) is 5.10 Å². The largest absolute Gasteiger partial charge is 0.506 e. The monoisotopic (exact) mass is 538 g/mol. The summed E-state index contributed by atoms with van der Waals surface area (Å²) in [5.41, 5.74) is 3.16. The molecule has 2 aromatic rings. The standard InChI is InChI=1S/C15H12I2N2O4/c1-23-13-5-8(2-3-12(13)20)15(22)19-18-7-9-4-10(16)6-11(17)14(9)21/h2-7,20-21H,1H3,(H,19,22)/b18-7+. The smallest absolute Gasteiger partial charge is 0.271 e. The molecule has 120 valence electrons. The maximum atomic E-state index is 12.0. The van der Waals surface area contributed by atoms with Crippen LogP contribution in [0.15, 0.2) is 35.4 Å². The average Bonchev–Trinajstić information content (AvgIpc) is 2.52. The first kappa shape index (κ1) is 17.8. The third-order valence-electron chi connectivity index (χ3n) is 2.87. The molecule has 8 heteroatoms. The molecule has 3 N–H and O–H groups in total. The minimum atomic E-state index is -0.459. The quantitative estimate of drug-likeness (QED) is 0.317. The van der Waals surface area contributed by atoms with Gasteiger partial charge in [-0.2, -0.15) is 5.10 Å². The van der Waals surface area contributed by atoms with Gasteiger partial charge in [0.1, 0.15) is 5.75 Å². The number of hydrogen-bond donors (Lipinski definition) is 3. The molecular weight excluding hydrogens is 526 g/mol. The molecule has 2 rings (SSSR count). The van der Waals surface area contributed by atoms with Gasteiger partial charge in [0.2, 0.25) is 0 Å². The predicted octanol–water partition coefficient (Wildman–Crippen LogP) is 3.08. The molecule has 1 amide bonds. The average molecular weight is 538 g/mol. The zero-order valence-corrected chi connectivity index (χ0v) is 16.2. The molecule has 0 atom stereocenters. The molecule has 2 aromatic carbocycles. The van der Waals surface area contributed by atoms with Gasteiger partial charge in [0.15, 0.2) is 11.5 Å². The second kappa shape index (κ2) is 7.81. The molecule has 0 radical (unpaired) electrons. The summed E-state index contributed by atoms with van der Waals surface area (Å²) in [4.78, 5) is 12.0. The topological polar surface area (TPSA) is 91.2 Å². The minimum Gasteiger partial charge on any atom is -0.506 e. The Kier molecular flexibility index (Phi) is 6.04. The normalized spacial score (nSPS) is 10.7. The van der Waals surface area contributed by atoms with Gasteiger partial charge >= 0.3 is 0 Å². The van der Waals surface area contributed by atoms with Crippen LogP contribution >= 0.6 is 45.2 Å². The number of ether oxygens (including phenoxy) is 1. The molecule has 0 heterocycles. The Hall–Kier alpha value is -1.56. The number of amides is 1. The zero-order valence-electron chi connectivity index (χ0n) is 11.9. The summed E-state index contributed by atoms with van der Waals surface area (Å²) in [6.07, 6.45) is 1.37. The van der Waals surface area contributed by atoms with Crippen molar-refractivity contribution in [1.29, 1.82) is 0 Å². The van der Waals surface area contributed by atoms with E-state index < -0.39 is 5.91 Å². The number of phenols is 2. The van der Waals surface area contributed by atoms with E-state index in [0.29, 0.717) is 14.7 Å². The Morgan fingerprint density at radius 2 is 2.00 bits per heavy atom. The van der Waals surface area contributed by atoms with Crippen molar-refractivity contribution >= 4 is 57.3 Å². The van der Waals surface area contributed by atoms with Crippen LogP contribution in [0.5, 0.6) is 17.2 Å². The number of aromatic hydroxyl groups is 2. The number of nitrogens with zero attached hydrogens (tertiary/aromatic N) is 1. The Bertz CT molecular complexity index is 778.